The first-order chi connectivity index (χ1) is 10.2. The highest BCUT2D eigenvalue weighted by Crippen LogP contribution is 2.25. The molecule has 0 unspecified atom stereocenters. The monoisotopic (exact) mass is 306 g/mol. The topological polar surface area (TPSA) is 43.4 Å². The Morgan fingerprint density at radius 2 is 2.00 bits per heavy atom. The summed E-state index contributed by atoms with van der Waals surface area (Å²) in [5.41, 5.74) is 0.783. The van der Waals surface area contributed by atoms with Crippen LogP contribution in [0.4, 0.5) is 0 Å². The number of hydrogen-bond acceptors (Lipinski definition) is 4. The molecule has 1 heterocycles. The molecule has 4 nitrogen and oxygen atoms in total. The van der Waals surface area contributed by atoms with Crippen molar-refractivity contribution in [3.63, 3.8) is 0 Å². The van der Waals surface area contributed by atoms with E-state index in [1.165, 1.54) is 0 Å². The Labute approximate surface area is 130 Å². The van der Waals surface area contributed by atoms with Crippen LogP contribution in [0.2, 0.25) is 5.02 Å². The molecule has 0 saturated heterocycles. The van der Waals surface area contributed by atoms with E-state index in [4.69, 9.17) is 21.1 Å². The van der Waals surface area contributed by atoms with Gasteiger partial charge in [-0.1, -0.05) is 24.6 Å². The van der Waals surface area contributed by atoms with E-state index in [2.05, 4.69) is 17.2 Å². The van der Waals surface area contributed by atoms with Gasteiger partial charge in [0.25, 0.3) is 0 Å². The largest absolute Gasteiger partial charge is 0.497 e. The molecule has 2 aromatic rings. The minimum atomic E-state index is 0.515. The molecule has 0 spiro atoms. The van der Waals surface area contributed by atoms with Gasteiger partial charge in [0.2, 0.25) is 5.88 Å². The molecule has 2 rings (SSSR count). The maximum absolute atomic E-state index is 6.15. The summed E-state index contributed by atoms with van der Waals surface area (Å²) in [6, 6.07) is 11.0. The van der Waals surface area contributed by atoms with Crippen LogP contribution >= 0.6 is 11.6 Å². The first-order valence-corrected chi connectivity index (χ1v) is 7.28. The van der Waals surface area contributed by atoms with E-state index in [1.54, 1.807) is 19.2 Å². The zero-order valence-electron chi connectivity index (χ0n) is 12.2. The predicted octanol–water partition coefficient (Wildman–Crippen LogP) is 4.04. The molecule has 5 heteroatoms. The Kier molecular flexibility index (Phi) is 5.84. The van der Waals surface area contributed by atoms with E-state index < -0.39 is 0 Å². The molecule has 0 radical (unpaired) electrons. The van der Waals surface area contributed by atoms with Crippen LogP contribution in [-0.4, -0.2) is 18.6 Å². The molecule has 0 atom stereocenters. The van der Waals surface area contributed by atoms with Gasteiger partial charge in [-0.2, -0.15) is 0 Å². The van der Waals surface area contributed by atoms with Gasteiger partial charge in [0.05, 0.1) is 17.8 Å². The number of hydrogen-bond donors (Lipinski definition) is 1. The molecule has 0 bridgehead atoms. The van der Waals surface area contributed by atoms with Crippen LogP contribution in [0.25, 0.3) is 0 Å². The third kappa shape index (κ3) is 4.62. The van der Waals surface area contributed by atoms with Crippen molar-refractivity contribution < 1.29 is 9.47 Å². The molecule has 21 heavy (non-hydrogen) atoms. The van der Waals surface area contributed by atoms with Crippen LogP contribution in [0.3, 0.4) is 0 Å². The number of nitrogens with one attached hydrogen (secondary N) is 1. The second kappa shape index (κ2) is 7.86. The molecule has 0 aliphatic heterocycles. The second-order valence-electron chi connectivity index (χ2n) is 4.54. The van der Waals surface area contributed by atoms with Gasteiger partial charge in [0.1, 0.15) is 11.5 Å². The van der Waals surface area contributed by atoms with Crippen LogP contribution in [0, 0.1) is 0 Å². The standard InChI is InChI=1S/C16H19ClN2O2/c1-3-9-18-11-15-14(17)7-8-16(19-15)21-13-6-4-5-12(10-13)20-2/h4-8,10,18H,3,9,11H2,1-2H3. The van der Waals surface area contributed by atoms with E-state index in [0.717, 1.165) is 24.4 Å². The van der Waals surface area contributed by atoms with Crippen LogP contribution in [0.1, 0.15) is 19.0 Å². The maximum atomic E-state index is 6.15. The molecule has 1 N–H and O–H groups in total. The molecule has 112 valence electrons. The molecule has 0 saturated carbocycles. The van der Waals surface area contributed by atoms with Crippen molar-refractivity contribution in [2.45, 2.75) is 19.9 Å². The third-order valence-electron chi connectivity index (χ3n) is 2.88. The maximum Gasteiger partial charge on any atom is 0.219 e. The quantitative estimate of drug-likeness (QED) is 0.784. The van der Waals surface area contributed by atoms with E-state index in [0.29, 0.717) is 23.2 Å². The van der Waals surface area contributed by atoms with Gasteiger partial charge in [0, 0.05) is 18.7 Å². The fourth-order valence-electron chi connectivity index (χ4n) is 1.81. The van der Waals surface area contributed by atoms with E-state index >= 15 is 0 Å². The lowest BCUT2D eigenvalue weighted by Crippen LogP contribution is -2.15. The fourth-order valence-corrected chi connectivity index (χ4v) is 1.99. The number of halogens is 1. The van der Waals surface area contributed by atoms with Crippen LogP contribution in [0.15, 0.2) is 36.4 Å². The van der Waals surface area contributed by atoms with Gasteiger partial charge in [-0.3, -0.25) is 0 Å². The third-order valence-corrected chi connectivity index (χ3v) is 3.22. The zero-order chi connectivity index (χ0) is 15.1. The van der Waals surface area contributed by atoms with Gasteiger partial charge in [-0.05, 0) is 31.2 Å². The normalized spacial score (nSPS) is 10.4. The average molecular weight is 307 g/mol. The molecule has 1 aromatic carbocycles. The molecular formula is C16H19ClN2O2. The van der Waals surface area contributed by atoms with Crippen molar-refractivity contribution in [2.24, 2.45) is 0 Å². The number of aromatic nitrogens is 1. The van der Waals surface area contributed by atoms with Crippen LogP contribution in [-0.2, 0) is 6.54 Å². The summed E-state index contributed by atoms with van der Waals surface area (Å²) >= 11 is 6.15. The van der Waals surface area contributed by atoms with Crippen molar-refractivity contribution in [1.29, 1.82) is 0 Å². The van der Waals surface area contributed by atoms with Gasteiger partial charge in [-0.25, -0.2) is 4.98 Å². The fraction of sp³-hybridized carbons (Fsp3) is 0.312. The summed E-state index contributed by atoms with van der Waals surface area (Å²) in [6.45, 7) is 3.67. The van der Waals surface area contributed by atoms with Crippen molar-refractivity contribution in [3.05, 3.63) is 47.1 Å². The number of pyridine rings is 1. The highest BCUT2D eigenvalue weighted by molar-refractivity contribution is 6.31. The Balaban J connectivity index is 2.10. The summed E-state index contributed by atoms with van der Waals surface area (Å²) < 4.78 is 10.9. The lowest BCUT2D eigenvalue weighted by Gasteiger charge is -2.09. The summed E-state index contributed by atoms with van der Waals surface area (Å²) in [6.07, 6.45) is 1.07. The van der Waals surface area contributed by atoms with Gasteiger partial charge < -0.3 is 14.8 Å². The van der Waals surface area contributed by atoms with E-state index in [-0.39, 0.29) is 0 Å². The number of ether oxygens (including phenoxy) is 2. The molecule has 0 fully saturated rings. The summed E-state index contributed by atoms with van der Waals surface area (Å²) in [7, 11) is 1.62. The minimum absolute atomic E-state index is 0.515. The van der Waals surface area contributed by atoms with Crippen LogP contribution in [0.5, 0.6) is 17.4 Å². The summed E-state index contributed by atoms with van der Waals surface area (Å²) in [4.78, 5) is 4.44. The lowest BCUT2D eigenvalue weighted by atomic mass is 10.3. The van der Waals surface area contributed by atoms with Gasteiger partial charge >= 0.3 is 0 Å². The van der Waals surface area contributed by atoms with Gasteiger partial charge in [0.15, 0.2) is 0 Å². The lowest BCUT2D eigenvalue weighted by molar-refractivity contribution is 0.407. The zero-order valence-corrected chi connectivity index (χ0v) is 13.0. The number of benzene rings is 1. The molecule has 0 amide bonds. The molecule has 0 aliphatic rings. The highest BCUT2D eigenvalue weighted by atomic mass is 35.5. The SMILES string of the molecule is CCCNCc1nc(Oc2cccc(OC)c2)ccc1Cl. The van der Waals surface area contributed by atoms with Crippen molar-refractivity contribution >= 4 is 11.6 Å². The Morgan fingerprint density at radius 1 is 1.19 bits per heavy atom. The van der Waals surface area contributed by atoms with Crippen molar-refractivity contribution in [1.82, 2.24) is 10.3 Å². The highest BCUT2D eigenvalue weighted by Gasteiger charge is 2.06. The molecular weight excluding hydrogens is 288 g/mol. The first kappa shape index (κ1) is 15.6. The first-order valence-electron chi connectivity index (χ1n) is 6.91. The van der Waals surface area contributed by atoms with Crippen molar-refractivity contribution in [3.8, 4) is 17.4 Å². The number of methoxy groups -OCH3 is 1. The Morgan fingerprint density at radius 3 is 2.76 bits per heavy atom. The second-order valence-corrected chi connectivity index (χ2v) is 4.94. The van der Waals surface area contributed by atoms with Crippen molar-refractivity contribution in [2.75, 3.05) is 13.7 Å². The van der Waals surface area contributed by atoms with E-state index in [1.807, 2.05) is 24.3 Å². The smallest absolute Gasteiger partial charge is 0.219 e. The summed E-state index contributed by atoms with van der Waals surface area (Å²) in [5, 5.41) is 3.91. The number of rotatable bonds is 7. The predicted molar refractivity (Wildman–Crippen MR) is 84.3 cm³/mol. The minimum Gasteiger partial charge on any atom is -0.497 e. The van der Waals surface area contributed by atoms with E-state index in [9.17, 15) is 0 Å². The Hall–Kier alpha value is -1.78. The average Bonchev–Trinajstić information content (AvgIpc) is 2.51. The Bertz CT molecular complexity index is 590. The van der Waals surface area contributed by atoms with Crippen LogP contribution < -0.4 is 14.8 Å². The summed E-state index contributed by atoms with van der Waals surface area (Å²) in [5.74, 6) is 1.93. The molecule has 0 aliphatic carbocycles. The van der Waals surface area contributed by atoms with Gasteiger partial charge in [-0.15, -0.1) is 0 Å². The molecule has 1 aromatic heterocycles. The number of nitrogens with zero attached hydrogens (tertiary/aromatic N) is 1.